The predicted molar refractivity (Wildman–Crippen MR) is 77.8 cm³/mol. The van der Waals surface area contributed by atoms with Crippen molar-refractivity contribution < 1.29 is 12.8 Å². The molecule has 5 nitrogen and oxygen atoms in total. The Hall–Kier alpha value is -0.850. The molecule has 0 aromatic carbocycles. The summed E-state index contributed by atoms with van der Waals surface area (Å²) in [5, 5.41) is 3.26. The van der Waals surface area contributed by atoms with Crippen molar-refractivity contribution in [2.24, 2.45) is 11.8 Å². The molecule has 1 aromatic rings. The average molecular weight is 300 g/mol. The van der Waals surface area contributed by atoms with Gasteiger partial charge >= 0.3 is 0 Å². The van der Waals surface area contributed by atoms with Crippen LogP contribution in [0.2, 0.25) is 0 Å². The number of sulfonamides is 1. The van der Waals surface area contributed by atoms with Gasteiger partial charge in [0.05, 0.1) is 6.54 Å². The molecule has 0 radical (unpaired) electrons. The highest BCUT2D eigenvalue weighted by Gasteiger charge is 2.33. The zero-order valence-electron chi connectivity index (χ0n) is 12.6. The van der Waals surface area contributed by atoms with Crippen LogP contribution < -0.4 is 10.0 Å². The standard InChI is InChI=1S/C14H24N2O3S/c1-10-7-11(10)8-16-20(17,18)13-6-5-12(19-13)9-15-14(2,3)4/h5-6,10-11,15-16H,7-9H2,1-4H3. The first kappa shape index (κ1) is 15.5. The van der Waals surface area contributed by atoms with E-state index in [4.69, 9.17) is 4.42 Å². The Labute approximate surface area is 121 Å². The highest BCUT2D eigenvalue weighted by atomic mass is 32.2. The quantitative estimate of drug-likeness (QED) is 0.844. The molecule has 20 heavy (non-hydrogen) atoms. The molecule has 2 N–H and O–H groups in total. The number of rotatable bonds is 6. The predicted octanol–water partition coefficient (Wildman–Crippen LogP) is 2.10. The fraction of sp³-hybridized carbons (Fsp3) is 0.714. The van der Waals surface area contributed by atoms with Crippen molar-refractivity contribution >= 4 is 10.0 Å². The Bertz CT molecular complexity index is 557. The highest BCUT2D eigenvalue weighted by Crippen LogP contribution is 2.37. The Morgan fingerprint density at radius 2 is 2.00 bits per heavy atom. The second kappa shape index (κ2) is 5.50. The van der Waals surface area contributed by atoms with Crippen molar-refractivity contribution in [2.45, 2.75) is 51.3 Å². The van der Waals surface area contributed by atoms with Gasteiger partial charge in [0, 0.05) is 12.1 Å². The molecule has 2 atom stereocenters. The summed E-state index contributed by atoms with van der Waals surface area (Å²) in [4.78, 5) is 0. The van der Waals surface area contributed by atoms with Gasteiger partial charge in [-0.05, 0) is 51.2 Å². The molecule has 2 unspecified atom stereocenters. The van der Waals surface area contributed by atoms with Crippen molar-refractivity contribution in [3.63, 3.8) is 0 Å². The molecule has 2 rings (SSSR count). The minimum atomic E-state index is -3.52. The van der Waals surface area contributed by atoms with E-state index in [1.807, 2.05) is 20.8 Å². The first-order chi connectivity index (χ1) is 9.17. The normalized spacial score (nSPS) is 23.0. The van der Waals surface area contributed by atoms with Crippen LogP contribution in [0.5, 0.6) is 0 Å². The third kappa shape index (κ3) is 4.33. The van der Waals surface area contributed by atoms with Crippen molar-refractivity contribution in [1.82, 2.24) is 10.0 Å². The lowest BCUT2D eigenvalue weighted by Gasteiger charge is -2.19. The van der Waals surface area contributed by atoms with Gasteiger partial charge in [-0.3, -0.25) is 0 Å². The molecule has 0 amide bonds. The van der Waals surface area contributed by atoms with Gasteiger partial charge in [-0.1, -0.05) is 6.92 Å². The van der Waals surface area contributed by atoms with Crippen LogP contribution in [0.25, 0.3) is 0 Å². The minimum absolute atomic E-state index is 0.00323. The topological polar surface area (TPSA) is 71.3 Å². The summed E-state index contributed by atoms with van der Waals surface area (Å²) >= 11 is 0. The number of hydrogen-bond acceptors (Lipinski definition) is 4. The fourth-order valence-corrected chi connectivity index (χ4v) is 2.96. The first-order valence-corrected chi connectivity index (χ1v) is 8.49. The molecular formula is C14H24N2O3S. The molecule has 1 fully saturated rings. The van der Waals surface area contributed by atoms with Gasteiger partial charge in [-0.15, -0.1) is 0 Å². The molecule has 0 spiro atoms. The van der Waals surface area contributed by atoms with Crippen molar-refractivity contribution in [3.8, 4) is 0 Å². The molecule has 0 aliphatic heterocycles. The summed E-state index contributed by atoms with van der Waals surface area (Å²) in [5.41, 5.74) is -0.0355. The van der Waals surface area contributed by atoms with E-state index < -0.39 is 10.0 Å². The average Bonchev–Trinajstić information content (AvgIpc) is 2.85. The van der Waals surface area contributed by atoms with Crippen molar-refractivity contribution in [2.75, 3.05) is 6.54 Å². The minimum Gasteiger partial charge on any atom is -0.447 e. The van der Waals surface area contributed by atoms with Crippen LogP contribution in [0.1, 0.15) is 39.9 Å². The summed E-state index contributed by atoms with van der Waals surface area (Å²) in [6.07, 6.45) is 1.10. The summed E-state index contributed by atoms with van der Waals surface area (Å²) in [6.45, 7) is 9.28. The van der Waals surface area contributed by atoms with Gasteiger partial charge in [-0.25, -0.2) is 13.1 Å². The lowest BCUT2D eigenvalue weighted by molar-refractivity contribution is 0.359. The molecule has 1 aliphatic carbocycles. The van der Waals surface area contributed by atoms with E-state index in [-0.39, 0.29) is 10.6 Å². The number of nitrogens with one attached hydrogen (secondary N) is 2. The van der Waals surface area contributed by atoms with Crippen molar-refractivity contribution in [1.29, 1.82) is 0 Å². The molecule has 1 saturated carbocycles. The molecule has 6 heteroatoms. The molecule has 1 aromatic heterocycles. The summed E-state index contributed by atoms with van der Waals surface area (Å²) in [7, 11) is -3.52. The Morgan fingerprint density at radius 1 is 1.35 bits per heavy atom. The van der Waals surface area contributed by atoms with Crippen LogP contribution in [0.15, 0.2) is 21.6 Å². The number of furan rings is 1. The van der Waals surface area contributed by atoms with E-state index in [1.54, 1.807) is 6.07 Å². The summed E-state index contributed by atoms with van der Waals surface area (Å²) in [5.74, 6) is 1.72. The maximum absolute atomic E-state index is 12.1. The van der Waals surface area contributed by atoms with Gasteiger partial charge in [0.15, 0.2) is 0 Å². The lowest BCUT2D eigenvalue weighted by atomic mass is 10.1. The first-order valence-electron chi connectivity index (χ1n) is 7.01. The molecule has 1 heterocycles. The third-order valence-corrected chi connectivity index (χ3v) is 4.80. The second-order valence-electron chi connectivity index (χ2n) is 6.65. The maximum atomic E-state index is 12.1. The van der Waals surface area contributed by atoms with E-state index in [0.29, 0.717) is 30.7 Å². The van der Waals surface area contributed by atoms with Gasteiger partial charge in [0.2, 0.25) is 5.09 Å². The van der Waals surface area contributed by atoms with E-state index in [1.165, 1.54) is 6.07 Å². The van der Waals surface area contributed by atoms with Gasteiger partial charge in [0.25, 0.3) is 10.0 Å². The monoisotopic (exact) mass is 300 g/mol. The maximum Gasteiger partial charge on any atom is 0.273 e. The Morgan fingerprint density at radius 3 is 2.55 bits per heavy atom. The molecule has 114 valence electrons. The van der Waals surface area contributed by atoms with Crippen LogP contribution in [0, 0.1) is 11.8 Å². The third-order valence-electron chi connectivity index (χ3n) is 3.51. The van der Waals surface area contributed by atoms with Crippen LogP contribution in [0.4, 0.5) is 0 Å². The zero-order valence-corrected chi connectivity index (χ0v) is 13.4. The van der Waals surface area contributed by atoms with E-state index >= 15 is 0 Å². The lowest BCUT2D eigenvalue weighted by Crippen LogP contribution is -2.34. The largest absolute Gasteiger partial charge is 0.447 e. The molecular weight excluding hydrogens is 276 g/mol. The van der Waals surface area contributed by atoms with Gasteiger partial charge in [-0.2, -0.15) is 0 Å². The smallest absolute Gasteiger partial charge is 0.273 e. The summed E-state index contributed by atoms with van der Waals surface area (Å²) in [6, 6.07) is 3.21. The van der Waals surface area contributed by atoms with Crippen LogP contribution >= 0.6 is 0 Å². The number of hydrogen-bond donors (Lipinski definition) is 2. The molecule has 0 saturated heterocycles. The van der Waals surface area contributed by atoms with E-state index in [0.717, 1.165) is 6.42 Å². The molecule has 1 aliphatic rings. The van der Waals surface area contributed by atoms with Crippen molar-refractivity contribution in [3.05, 3.63) is 17.9 Å². The van der Waals surface area contributed by atoms with Gasteiger partial charge < -0.3 is 9.73 Å². The van der Waals surface area contributed by atoms with Gasteiger partial charge in [0.1, 0.15) is 5.76 Å². The van der Waals surface area contributed by atoms with E-state index in [9.17, 15) is 8.42 Å². The SMILES string of the molecule is CC1CC1CNS(=O)(=O)c1ccc(CNC(C)(C)C)o1. The zero-order chi connectivity index (χ0) is 15.0. The highest BCUT2D eigenvalue weighted by molar-refractivity contribution is 7.89. The van der Waals surface area contributed by atoms with Crippen LogP contribution in [-0.2, 0) is 16.6 Å². The Balaban J connectivity index is 1.93. The van der Waals surface area contributed by atoms with Crippen LogP contribution in [-0.4, -0.2) is 20.5 Å². The fourth-order valence-electron chi connectivity index (χ4n) is 1.92. The summed E-state index contributed by atoms with van der Waals surface area (Å²) < 4.78 is 32.1. The van der Waals surface area contributed by atoms with E-state index in [2.05, 4.69) is 17.0 Å². The second-order valence-corrected chi connectivity index (χ2v) is 8.35. The van der Waals surface area contributed by atoms with Crippen LogP contribution in [0.3, 0.4) is 0 Å². The Kier molecular flexibility index (Phi) is 4.27. The molecule has 0 bridgehead atoms.